The highest BCUT2D eigenvalue weighted by Crippen LogP contribution is 2.31. The third-order valence-electron chi connectivity index (χ3n) is 2.75. The molecule has 0 unspecified atom stereocenters. The number of methoxy groups -OCH3 is 1. The Balaban J connectivity index is 3.43. The molecule has 0 aliphatic heterocycles. The van der Waals surface area contributed by atoms with Crippen LogP contribution in [0.1, 0.15) is 11.1 Å². The quantitative estimate of drug-likeness (QED) is 0.369. The van der Waals surface area contributed by atoms with Crippen molar-refractivity contribution in [1.29, 1.82) is 5.26 Å². The number of esters is 1. The molecule has 122 valence electrons. The van der Waals surface area contributed by atoms with Crippen molar-refractivity contribution in [2.45, 2.75) is 6.18 Å². The van der Waals surface area contributed by atoms with Gasteiger partial charge in [-0.1, -0.05) is 12.1 Å². The number of benzene rings is 1. The average Bonchev–Trinajstić information content (AvgIpc) is 2.49. The van der Waals surface area contributed by atoms with Crippen molar-refractivity contribution in [2.75, 3.05) is 21.2 Å². The summed E-state index contributed by atoms with van der Waals surface area (Å²) in [5, 5.41) is 9.00. The molecule has 0 spiro atoms. The molecule has 1 aromatic carbocycles. The van der Waals surface area contributed by atoms with Gasteiger partial charge in [-0.2, -0.15) is 18.4 Å². The first kappa shape index (κ1) is 18.3. The van der Waals surface area contributed by atoms with Crippen LogP contribution < -0.4 is 0 Å². The van der Waals surface area contributed by atoms with Crippen LogP contribution in [-0.2, 0) is 15.7 Å². The second-order valence-corrected chi connectivity index (χ2v) is 4.79. The lowest BCUT2D eigenvalue weighted by Crippen LogP contribution is -2.07. The summed E-state index contributed by atoms with van der Waals surface area (Å²) in [7, 11) is 4.46. The fourth-order valence-electron chi connectivity index (χ4n) is 1.75. The smallest absolute Gasteiger partial charge is 0.416 e. The fraction of sp³-hybridized carbons (Fsp3) is 0.250. The second kappa shape index (κ2) is 7.49. The Bertz CT molecular complexity index is 683. The Hall–Kier alpha value is -2.75. The third-order valence-corrected chi connectivity index (χ3v) is 2.75. The van der Waals surface area contributed by atoms with Gasteiger partial charge in [0.05, 0.1) is 12.7 Å². The van der Waals surface area contributed by atoms with Gasteiger partial charge in [0.25, 0.3) is 0 Å². The van der Waals surface area contributed by atoms with E-state index in [0.717, 1.165) is 19.2 Å². The average molecular weight is 324 g/mol. The predicted molar refractivity (Wildman–Crippen MR) is 78.8 cm³/mol. The zero-order chi connectivity index (χ0) is 17.6. The minimum atomic E-state index is -4.48. The summed E-state index contributed by atoms with van der Waals surface area (Å²) in [6.07, 6.45) is -1.78. The summed E-state index contributed by atoms with van der Waals surface area (Å²) in [4.78, 5) is 13.1. The summed E-state index contributed by atoms with van der Waals surface area (Å²) < 4.78 is 43.0. The van der Waals surface area contributed by atoms with Crippen molar-refractivity contribution in [1.82, 2.24) is 4.90 Å². The Morgan fingerprint density at radius 3 is 2.48 bits per heavy atom. The molecule has 0 atom stereocenters. The van der Waals surface area contributed by atoms with E-state index in [-0.39, 0.29) is 16.7 Å². The van der Waals surface area contributed by atoms with E-state index in [4.69, 9.17) is 5.26 Å². The third kappa shape index (κ3) is 5.18. The number of ether oxygens (including phenoxy) is 1. The van der Waals surface area contributed by atoms with Gasteiger partial charge in [0, 0.05) is 20.3 Å². The largest absolute Gasteiger partial charge is 0.465 e. The molecule has 0 saturated carbocycles. The molecule has 0 saturated heterocycles. The van der Waals surface area contributed by atoms with E-state index in [2.05, 4.69) is 4.74 Å². The summed E-state index contributed by atoms with van der Waals surface area (Å²) in [5.41, 5.74) is -0.615. The van der Waals surface area contributed by atoms with Crippen LogP contribution in [0, 0.1) is 11.3 Å². The summed E-state index contributed by atoms with van der Waals surface area (Å²) in [6, 6.07) is 6.31. The molecule has 1 aromatic rings. The summed E-state index contributed by atoms with van der Waals surface area (Å²) >= 11 is 0. The van der Waals surface area contributed by atoms with Crippen molar-refractivity contribution < 1.29 is 22.7 Å². The molecule has 0 heterocycles. The molecule has 0 radical (unpaired) electrons. The van der Waals surface area contributed by atoms with E-state index in [1.54, 1.807) is 25.1 Å². The zero-order valence-electron chi connectivity index (χ0n) is 12.8. The van der Waals surface area contributed by atoms with Gasteiger partial charge < -0.3 is 9.64 Å². The first-order valence-electron chi connectivity index (χ1n) is 6.45. The SMILES string of the molecule is COC(=O)/C(C#N)=C\C(=C/N(C)C)c1cccc(C(F)(F)F)c1. The number of carbonyl (C=O) groups excluding carboxylic acids is 1. The van der Waals surface area contributed by atoms with Gasteiger partial charge in [0.2, 0.25) is 0 Å². The molecule has 4 nitrogen and oxygen atoms in total. The van der Waals surface area contributed by atoms with E-state index in [9.17, 15) is 18.0 Å². The lowest BCUT2D eigenvalue weighted by molar-refractivity contribution is -0.137. The van der Waals surface area contributed by atoms with Gasteiger partial charge in [-0.3, -0.25) is 0 Å². The van der Waals surface area contributed by atoms with E-state index in [1.807, 2.05) is 0 Å². The van der Waals surface area contributed by atoms with E-state index in [1.165, 1.54) is 24.4 Å². The van der Waals surface area contributed by atoms with Crippen LogP contribution >= 0.6 is 0 Å². The Labute approximate surface area is 132 Å². The van der Waals surface area contributed by atoms with Crippen LogP contribution in [-0.4, -0.2) is 32.1 Å². The molecule has 0 aliphatic carbocycles. The first-order chi connectivity index (χ1) is 10.7. The van der Waals surface area contributed by atoms with Crippen LogP contribution in [0.15, 0.2) is 42.1 Å². The zero-order valence-corrected chi connectivity index (χ0v) is 12.8. The van der Waals surface area contributed by atoms with Crippen molar-refractivity contribution in [3.63, 3.8) is 0 Å². The van der Waals surface area contributed by atoms with Gasteiger partial charge in [-0.25, -0.2) is 4.79 Å². The highest BCUT2D eigenvalue weighted by molar-refractivity contribution is 5.96. The minimum absolute atomic E-state index is 0.227. The molecule has 0 fully saturated rings. The Morgan fingerprint density at radius 2 is 2.00 bits per heavy atom. The van der Waals surface area contributed by atoms with Crippen molar-refractivity contribution in [3.05, 3.63) is 53.2 Å². The lowest BCUT2D eigenvalue weighted by atomic mass is 10.0. The molecule has 0 aliphatic rings. The van der Waals surface area contributed by atoms with E-state index >= 15 is 0 Å². The van der Waals surface area contributed by atoms with Crippen LogP contribution in [0.2, 0.25) is 0 Å². The number of hydrogen-bond donors (Lipinski definition) is 0. The monoisotopic (exact) mass is 324 g/mol. The van der Waals surface area contributed by atoms with E-state index < -0.39 is 17.7 Å². The summed E-state index contributed by atoms with van der Waals surface area (Å²) in [6.45, 7) is 0. The van der Waals surface area contributed by atoms with Crippen LogP contribution in [0.5, 0.6) is 0 Å². The molecule has 7 heteroatoms. The number of halogens is 3. The number of alkyl halides is 3. The highest BCUT2D eigenvalue weighted by atomic mass is 19.4. The molecular weight excluding hydrogens is 309 g/mol. The van der Waals surface area contributed by atoms with Crippen LogP contribution in [0.3, 0.4) is 0 Å². The molecule has 1 rings (SSSR count). The Morgan fingerprint density at radius 1 is 1.35 bits per heavy atom. The van der Waals surface area contributed by atoms with Gasteiger partial charge in [-0.15, -0.1) is 0 Å². The lowest BCUT2D eigenvalue weighted by Gasteiger charge is -2.12. The predicted octanol–water partition coefficient (Wildman–Crippen LogP) is 3.23. The fourth-order valence-corrected chi connectivity index (χ4v) is 1.75. The summed E-state index contributed by atoms with van der Waals surface area (Å²) in [5.74, 6) is -0.857. The molecular formula is C16H15F3N2O2. The van der Waals surface area contributed by atoms with Gasteiger partial charge in [0.1, 0.15) is 11.6 Å². The van der Waals surface area contributed by atoms with Crippen molar-refractivity contribution in [2.24, 2.45) is 0 Å². The van der Waals surface area contributed by atoms with Crippen LogP contribution in [0.25, 0.3) is 5.57 Å². The topological polar surface area (TPSA) is 53.3 Å². The molecule has 23 heavy (non-hydrogen) atoms. The number of nitriles is 1. The normalized spacial score (nSPS) is 12.6. The van der Waals surface area contributed by atoms with Crippen molar-refractivity contribution >= 4 is 11.5 Å². The maximum Gasteiger partial charge on any atom is 0.416 e. The maximum atomic E-state index is 12.8. The number of hydrogen-bond acceptors (Lipinski definition) is 4. The molecule has 0 bridgehead atoms. The Kier molecular flexibility index (Phi) is 5.96. The molecule has 0 aromatic heterocycles. The van der Waals surface area contributed by atoms with Gasteiger partial charge >= 0.3 is 12.1 Å². The number of nitrogens with zero attached hydrogens (tertiary/aromatic N) is 2. The number of allylic oxidation sites excluding steroid dienone is 2. The number of carbonyl (C=O) groups is 1. The van der Waals surface area contributed by atoms with Crippen LogP contribution in [0.4, 0.5) is 13.2 Å². The molecule has 0 N–H and O–H groups in total. The standard InChI is InChI=1S/C16H15F3N2O2/c1-21(2)10-13(7-12(9-20)15(22)23-3)11-5-4-6-14(8-11)16(17,18)19/h4-8,10H,1-3H3/b12-7-,13-10+. The first-order valence-corrected chi connectivity index (χ1v) is 6.45. The van der Waals surface area contributed by atoms with Gasteiger partial charge in [-0.05, 0) is 29.3 Å². The van der Waals surface area contributed by atoms with Crippen molar-refractivity contribution in [3.8, 4) is 6.07 Å². The van der Waals surface area contributed by atoms with E-state index in [0.29, 0.717) is 0 Å². The highest BCUT2D eigenvalue weighted by Gasteiger charge is 2.30. The maximum absolute atomic E-state index is 12.8. The molecule has 0 amide bonds. The van der Waals surface area contributed by atoms with Gasteiger partial charge in [0.15, 0.2) is 0 Å². The number of rotatable bonds is 4. The minimum Gasteiger partial charge on any atom is -0.465 e. The second-order valence-electron chi connectivity index (χ2n) is 4.79.